The minimum absolute atomic E-state index is 0.0382. The van der Waals surface area contributed by atoms with E-state index in [0.717, 1.165) is 23.2 Å². The number of esters is 1. The summed E-state index contributed by atoms with van der Waals surface area (Å²) >= 11 is 0. The van der Waals surface area contributed by atoms with Crippen LogP contribution in [-0.2, 0) is 4.74 Å². The number of hydrogen-bond acceptors (Lipinski definition) is 8. The molecule has 3 aromatic carbocycles. The molecule has 3 atom stereocenters. The lowest BCUT2D eigenvalue weighted by Gasteiger charge is -2.37. The summed E-state index contributed by atoms with van der Waals surface area (Å²) in [5, 5.41) is 25.3. The first-order valence-electron chi connectivity index (χ1n) is 11.6. The second-order valence-electron chi connectivity index (χ2n) is 8.93. The largest absolute Gasteiger partial charge is 0.454 e. The molecule has 186 valence electrons. The van der Waals surface area contributed by atoms with Crippen molar-refractivity contribution in [1.82, 2.24) is 0 Å². The van der Waals surface area contributed by atoms with Crippen molar-refractivity contribution in [2.24, 2.45) is 5.92 Å². The maximum atomic E-state index is 12.7. The van der Waals surface area contributed by atoms with E-state index in [9.17, 15) is 29.8 Å². The quantitative estimate of drug-likeness (QED) is 0.150. The van der Waals surface area contributed by atoms with Crippen LogP contribution in [0.25, 0.3) is 0 Å². The number of anilines is 1. The monoisotopic (exact) mass is 499 g/mol. The summed E-state index contributed by atoms with van der Waals surface area (Å²) in [6.45, 7) is -0.486. The van der Waals surface area contributed by atoms with Crippen molar-refractivity contribution in [3.63, 3.8) is 0 Å². The first-order valence-corrected chi connectivity index (χ1v) is 11.6. The van der Waals surface area contributed by atoms with Crippen LogP contribution in [0.3, 0.4) is 0 Å². The summed E-state index contributed by atoms with van der Waals surface area (Å²) in [7, 11) is 0. The number of nitro benzene ring substituents is 2. The van der Waals surface area contributed by atoms with Gasteiger partial charge in [0.1, 0.15) is 0 Å². The molecule has 0 aromatic heterocycles. The van der Waals surface area contributed by atoms with Gasteiger partial charge in [-0.2, -0.15) is 0 Å². The number of nitrogens with zero attached hydrogens (tertiary/aromatic N) is 2. The van der Waals surface area contributed by atoms with E-state index >= 15 is 0 Å². The van der Waals surface area contributed by atoms with Gasteiger partial charge >= 0.3 is 5.97 Å². The molecule has 0 unspecified atom stereocenters. The average molecular weight is 499 g/mol. The molecule has 0 saturated carbocycles. The molecule has 0 amide bonds. The molecule has 1 aliphatic carbocycles. The van der Waals surface area contributed by atoms with Gasteiger partial charge in [0.05, 0.1) is 21.5 Å². The maximum absolute atomic E-state index is 12.7. The van der Waals surface area contributed by atoms with Crippen molar-refractivity contribution in [2.75, 3.05) is 11.9 Å². The number of Topliss-reactive ketones (excluding diaryl/α,β-unsaturated/α-hetero) is 1. The van der Waals surface area contributed by atoms with Gasteiger partial charge in [0.15, 0.2) is 12.4 Å². The second-order valence-corrected chi connectivity index (χ2v) is 8.93. The Bertz CT molecular complexity index is 1430. The summed E-state index contributed by atoms with van der Waals surface area (Å²) in [5.74, 6) is -0.892. The SMILES string of the molecule is O=C(COC(=O)c1ccc2c(c1)[C@H]1C=CC[C@@H]1[C@H](c1ccc([N+](=O)[O-])cc1)N2)c1ccc([N+](=O)[O-])cc1. The standard InChI is InChI=1S/C27H21N3O7/c31-25(16-4-9-19(10-5-16)29(33)34)15-37-27(32)18-8-13-24-23(14-18)21-2-1-3-22(21)26(28-24)17-6-11-20(12-7-17)30(35)36/h1-2,4-14,21-22,26,28H,3,15H2/t21-,22-,26-/m0/s1. The van der Waals surface area contributed by atoms with Crippen molar-refractivity contribution in [2.45, 2.75) is 18.4 Å². The Morgan fingerprint density at radius 1 is 0.892 bits per heavy atom. The summed E-state index contributed by atoms with van der Waals surface area (Å²) in [6, 6.07) is 16.8. The van der Waals surface area contributed by atoms with Gasteiger partial charge in [0.2, 0.25) is 0 Å². The number of carbonyl (C=O) groups excluding carboxylic acids is 2. The number of carbonyl (C=O) groups is 2. The normalized spacial score (nSPS) is 19.3. The van der Waals surface area contributed by atoms with E-state index in [1.165, 1.54) is 36.4 Å². The number of allylic oxidation sites excluding steroid dienone is 2. The number of fused-ring (bicyclic) bond motifs is 3. The van der Waals surface area contributed by atoms with Gasteiger partial charge in [-0.05, 0) is 53.8 Å². The highest BCUT2D eigenvalue weighted by Gasteiger charge is 2.38. The van der Waals surface area contributed by atoms with Crippen molar-refractivity contribution >= 4 is 28.8 Å². The molecule has 10 nitrogen and oxygen atoms in total. The van der Waals surface area contributed by atoms with Gasteiger partial charge in [-0.25, -0.2) is 4.79 Å². The fourth-order valence-corrected chi connectivity index (χ4v) is 4.92. The molecule has 0 fully saturated rings. The first kappa shape index (κ1) is 23.9. The molecule has 0 bridgehead atoms. The van der Waals surface area contributed by atoms with Crippen LogP contribution in [0.2, 0.25) is 0 Å². The van der Waals surface area contributed by atoms with E-state index < -0.39 is 28.2 Å². The van der Waals surface area contributed by atoms with E-state index in [2.05, 4.69) is 17.5 Å². The number of benzene rings is 3. The van der Waals surface area contributed by atoms with Crippen molar-refractivity contribution in [3.8, 4) is 0 Å². The summed E-state index contributed by atoms with van der Waals surface area (Å²) in [5.41, 5.74) is 3.17. The number of nitro groups is 2. The average Bonchev–Trinajstić information content (AvgIpc) is 3.41. The molecule has 1 heterocycles. The number of ether oxygens (including phenoxy) is 1. The lowest BCUT2D eigenvalue weighted by Crippen LogP contribution is -2.29. The number of rotatable bonds is 7. The van der Waals surface area contributed by atoms with Crippen molar-refractivity contribution < 1.29 is 24.2 Å². The number of nitrogens with one attached hydrogen (secondary N) is 1. The smallest absolute Gasteiger partial charge is 0.338 e. The summed E-state index contributed by atoms with van der Waals surface area (Å²) in [6.07, 6.45) is 5.02. The Hall–Kier alpha value is -4.86. The second kappa shape index (κ2) is 9.65. The zero-order chi connectivity index (χ0) is 26.1. The van der Waals surface area contributed by atoms with Crippen LogP contribution in [0.5, 0.6) is 0 Å². The Labute approximate surface area is 210 Å². The lowest BCUT2D eigenvalue weighted by atomic mass is 9.76. The Morgan fingerprint density at radius 3 is 2.16 bits per heavy atom. The topological polar surface area (TPSA) is 142 Å². The Balaban J connectivity index is 1.30. The predicted molar refractivity (Wildman–Crippen MR) is 134 cm³/mol. The van der Waals surface area contributed by atoms with Crippen LogP contribution in [0.15, 0.2) is 78.9 Å². The Kier molecular flexibility index (Phi) is 6.22. The molecule has 5 rings (SSSR count). The molecule has 2 aliphatic rings. The van der Waals surface area contributed by atoms with Gasteiger partial charge in [-0.1, -0.05) is 24.3 Å². The molecular weight excluding hydrogens is 478 g/mol. The fraction of sp³-hybridized carbons (Fsp3) is 0.185. The number of ketones is 1. The summed E-state index contributed by atoms with van der Waals surface area (Å²) < 4.78 is 5.23. The van der Waals surface area contributed by atoms with E-state index in [-0.39, 0.29) is 34.8 Å². The van der Waals surface area contributed by atoms with Crippen LogP contribution in [-0.4, -0.2) is 28.2 Å². The number of hydrogen-bond donors (Lipinski definition) is 1. The third-order valence-electron chi connectivity index (χ3n) is 6.80. The number of non-ortho nitro benzene ring substituents is 2. The first-order chi connectivity index (χ1) is 17.8. The van der Waals surface area contributed by atoms with E-state index in [1.807, 2.05) is 0 Å². The minimum atomic E-state index is -0.644. The maximum Gasteiger partial charge on any atom is 0.338 e. The molecule has 1 N–H and O–H groups in total. The molecule has 0 radical (unpaired) electrons. The minimum Gasteiger partial charge on any atom is -0.454 e. The molecule has 0 spiro atoms. The van der Waals surface area contributed by atoms with Gasteiger partial charge in [0.25, 0.3) is 11.4 Å². The van der Waals surface area contributed by atoms with Crippen LogP contribution >= 0.6 is 0 Å². The Morgan fingerprint density at radius 2 is 1.51 bits per heavy atom. The molecule has 37 heavy (non-hydrogen) atoms. The van der Waals surface area contributed by atoms with E-state index in [4.69, 9.17) is 4.74 Å². The van der Waals surface area contributed by atoms with Gasteiger partial charge < -0.3 is 10.1 Å². The molecular formula is C27H21N3O7. The van der Waals surface area contributed by atoms with E-state index in [0.29, 0.717) is 5.56 Å². The van der Waals surface area contributed by atoms with Crippen LogP contribution in [0.1, 0.15) is 50.2 Å². The highest BCUT2D eigenvalue weighted by Crippen LogP contribution is 2.50. The summed E-state index contributed by atoms with van der Waals surface area (Å²) in [4.78, 5) is 45.9. The molecule has 3 aromatic rings. The zero-order valence-electron chi connectivity index (χ0n) is 19.4. The van der Waals surface area contributed by atoms with Gasteiger partial charge in [-0.3, -0.25) is 25.0 Å². The highest BCUT2D eigenvalue weighted by molar-refractivity contribution is 5.99. The van der Waals surface area contributed by atoms with Crippen molar-refractivity contribution in [1.29, 1.82) is 0 Å². The lowest BCUT2D eigenvalue weighted by molar-refractivity contribution is -0.385. The third-order valence-corrected chi connectivity index (χ3v) is 6.80. The highest BCUT2D eigenvalue weighted by atomic mass is 16.6. The van der Waals surface area contributed by atoms with Crippen LogP contribution < -0.4 is 5.32 Å². The van der Waals surface area contributed by atoms with Gasteiger partial charge in [0, 0.05) is 41.4 Å². The zero-order valence-corrected chi connectivity index (χ0v) is 19.4. The van der Waals surface area contributed by atoms with Crippen LogP contribution in [0, 0.1) is 26.1 Å². The van der Waals surface area contributed by atoms with Crippen molar-refractivity contribution in [3.05, 3.63) is 121 Å². The van der Waals surface area contributed by atoms with E-state index in [1.54, 1.807) is 30.3 Å². The molecule has 0 saturated heterocycles. The fourth-order valence-electron chi connectivity index (χ4n) is 4.92. The third kappa shape index (κ3) is 4.68. The molecule has 1 aliphatic heterocycles. The molecule has 10 heteroatoms. The predicted octanol–water partition coefficient (Wildman–Crippen LogP) is 5.37. The van der Waals surface area contributed by atoms with Gasteiger partial charge in [-0.15, -0.1) is 0 Å². The van der Waals surface area contributed by atoms with Crippen LogP contribution in [0.4, 0.5) is 17.1 Å².